The largest absolute Gasteiger partial charge is 0.493 e. The summed E-state index contributed by atoms with van der Waals surface area (Å²) in [5.41, 5.74) is 2.75. The van der Waals surface area contributed by atoms with Gasteiger partial charge in [-0.3, -0.25) is 0 Å². The Morgan fingerprint density at radius 3 is 2.50 bits per heavy atom. The highest BCUT2D eigenvalue weighted by atomic mass is 16.5. The zero-order chi connectivity index (χ0) is 14.5. The van der Waals surface area contributed by atoms with E-state index in [9.17, 15) is 0 Å². The second kappa shape index (κ2) is 6.12. The van der Waals surface area contributed by atoms with Crippen LogP contribution >= 0.6 is 0 Å². The minimum Gasteiger partial charge on any atom is -0.493 e. The molecule has 0 bridgehead atoms. The average Bonchev–Trinajstić information content (AvgIpc) is 2.48. The van der Waals surface area contributed by atoms with Crippen LogP contribution in [0.5, 0.6) is 17.2 Å². The maximum atomic E-state index is 8.93. The summed E-state index contributed by atoms with van der Waals surface area (Å²) in [5, 5.41) is 8.93. The predicted molar refractivity (Wildman–Crippen MR) is 78.3 cm³/mol. The van der Waals surface area contributed by atoms with E-state index >= 15 is 0 Å². The second-order valence-electron chi connectivity index (χ2n) is 4.53. The summed E-state index contributed by atoms with van der Waals surface area (Å²) in [5.74, 6) is 2.09. The highest BCUT2D eigenvalue weighted by Crippen LogP contribution is 2.33. The van der Waals surface area contributed by atoms with Crippen LogP contribution < -0.4 is 9.47 Å². The molecular formula is C17H17NO2. The molecule has 0 amide bonds. The third-order valence-corrected chi connectivity index (χ3v) is 3.18. The zero-order valence-corrected chi connectivity index (χ0v) is 11.9. The van der Waals surface area contributed by atoms with Crippen LogP contribution in [0, 0.1) is 18.3 Å². The first-order valence-corrected chi connectivity index (χ1v) is 6.53. The van der Waals surface area contributed by atoms with Gasteiger partial charge in [0.05, 0.1) is 18.7 Å². The number of benzene rings is 2. The lowest BCUT2D eigenvalue weighted by atomic mass is 10.1. The van der Waals surface area contributed by atoms with Crippen LogP contribution in [-0.2, 0) is 6.42 Å². The van der Waals surface area contributed by atoms with Gasteiger partial charge in [0.2, 0.25) is 0 Å². The quantitative estimate of drug-likeness (QED) is 0.832. The summed E-state index contributed by atoms with van der Waals surface area (Å²) in [4.78, 5) is 0. The molecular weight excluding hydrogens is 250 g/mol. The van der Waals surface area contributed by atoms with Gasteiger partial charge in [0, 0.05) is 0 Å². The molecule has 0 N–H and O–H groups in total. The van der Waals surface area contributed by atoms with Crippen molar-refractivity contribution in [2.75, 3.05) is 7.11 Å². The Kier molecular flexibility index (Phi) is 4.27. The van der Waals surface area contributed by atoms with Crippen molar-refractivity contribution in [3.05, 3.63) is 53.1 Å². The number of hydrogen-bond donors (Lipinski definition) is 0. The fourth-order valence-corrected chi connectivity index (χ4v) is 1.97. The Labute approximate surface area is 119 Å². The third-order valence-electron chi connectivity index (χ3n) is 3.18. The number of ether oxygens (including phenoxy) is 2. The molecule has 0 spiro atoms. The van der Waals surface area contributed by atoms with Crippen molar-refractivity contribution in [2.45, 2.75) is 20.3 Å². The first kappa shape index (κ1) is 14.0. The van der Waals surface area contributed by atoms with E-state index in [-0.39, 0.29) is 0 Å². The molecule has 2 aromatic carbocycles. The summed E-state index contributed by atoms with van der Waals surface area (Å²) >= 11 is 0. The van der Waals surface area contributed by atoms with Crippen LogP contribution in [0.1, 0.15) is 23.6 Å². The van der Waals surface area contributed by atoms with E-state index in [4.69, 9.17) is 14.7 Å². The lowest BCUT2D eigenvalue weighted by molar-refractivity contribution is 0.378. The van der Waals surface area contributed by atoms with Crippen LogP contribution in [0.15, 0.2) is 36.4 Å². The summed E-state index contributed by atoms with van der Waals surface area (Å²) in [6, 6.07) is 13.5. The number of methoxy groups -OCH3 is 1. The van der Waals surface area contributed by atoms with Crippen molar-refractivity contribution in [1.29, 1.82) is 5.26 Å². The Bertz CT molecular complexity index is 657. The van der Waals surface area contributed by atoms with Crippen molar-refractivity contribution >= 4 is 0 Å². The molecule has 3 heteroatoms. The van der Waals surface area contributed by atoms with Gasteiger partial charge in [0.1, 0.15) is 5.75 Å². The van der Waals surface area contributed by atoms with E-state index in [1.165, 1.54) is 5.56 Å². The molecule has 2 rings (SSSR count). The van der Waals surface area contributed by atoms with E-state index in [1.54, 1.807) is 19.2 Å². The van der Waals surface area contributed by atoms with E-state index in [0.29, 0.717) is 22.8 Å². The van der Waals surface area contributed by atoms with Gasteiger partial charge in [-0.2, -0.15) is 5.26 Å². The summed E-state index contributed by atoms with van der Waals surface area (Å²) in [6.45, 7) is 3.99. The van der Waals surface area contributed by atoms with Crippen LogP contribution in [0.25, 0.3) is 0 Å². The molecule has 2 aromatic rings. The predicted octanol–water partition coefficient (Wildman–Crippen LogP) is 4.23. The fraction of sp³-hybridized carbons (Fsp3) is 0.235. The smallest absolute Gasteiger partial charge is 0.169 e. The minimum absolute atomic E-state index is 0.658. The molecule has 0 aromatic heterocycles. The molecule has 0 saturated heterocycles. The van der Waals surface area contributed by atoms with E-state index in [1.807, 2.05) is 31.2 Å². The topological polar surface area (TPSA) is 42.2 Å². The van der Waals surface area contributed by atoms with Crippen molar-refractivity contribution in [1.82, 2.24) is 0 Å². The molecule has 20 heavy (non-hydrogen) atoms. The molecule has 0 saturated carbocycles. The molecule has 0 aliphatic rings. The molecule has 3 nitrogen and oxygen atoms in total. The Hall–Kier alpha value is -2.47. The van der Waals surface area contributed by atoms with Gasteiger partial charge >= 0.3 is 0 Å². The van der Waals surface area contributed by atoms with Gasteiger partial charge in [-0.1, -0.05) is 13.0 Å². The number of nitriles is 1. The monoisotopic (exact) mass is 267 g/mol. The fourth-order valence-electron chi connectivity index (χ4n) is 1.97. The highest BCUT2D eigenvalue weighted by molar-refractivity contribution is 5.47. The van der Waals surface area contributed by atoms with Gasteiger partial charge in [0.25, 0.3) is 0 Å². The van der Waals surface area contributed by atoms with E-state index in [2.05, 4.69) is 13.0 Å². The van der Waals surface area contributed by atoms with Crippen LogP contribution in [0.2, 0.25) is 0 Å². The van der Waals surface area contributed by atoms with Crippen molar-refractivity contribution in [3.63, 3.8) is 0 Å². The molecule has 0 radical (unpaired) electrons. The molecule has 0 fully saturated rings. The number of hydrogen-bond acceptors (Lipinski definition) is 3. The summed E-state index contributed by atoms with van der Waals surface area (Å²) < 4.78 is 11.2. The van der Waals surface area contributed by atoms with Crippen molar-refractivity contribution < 1.29 is 9.47 Å². The first-order valence-electron chi connectivity index (χ1n) is 6.53. The Morgan fingerprint density at radius 2 is 1.90 bits per heavy atom. The maximum Gasteiger partial charge on any atom is 0.169 e. The molecule has 0 aliphatic heterocycles. The lowest BCUT2D eigenvalue weighted by Gasteiger charge is -2.12. The van der Waals surface area contributed by atoms with Gasteiger partial charge in [0.15, 0.2) is 11.5 Å². The molecule has 102 valence electrons. The highest BCUT2D eigenvalue weighted by Gasteiger charge is 2.07. The zero-order valence-electron chi connectivity index (χ0n) is 11.9. The number of rotatable bonds is 4. The second-order valence-corrected chi connectivity index (χ2v) is 4.53. The molecule has 0 aliphatic carbocycles. The average molecular weight is 267 g/mol. The first-order chi connectivity index (χ1) is 9.67. The minimum atomic E-state index is 0.658. The van der Waals surface area contributed by atoms with Gasteiger partial charge in [-0.05, 0) is 54.8 Å². The Balaban J connectivity index is 2.30. The summed E-state index contributed by atoms with van der Waals surface area (Å²) in [6.07, 6.45) is 0.951. The van der Waals surface area contributed by atoms with Crippen LogP contribution in [0.3, 0.4) is 0 Å². The van der Waals surface area contributed by atoms with E-state index in [0.717, 1.165) is 12.0 Å². The SMILES string of the molecule is CCc1ccc(Oc2ccc(C#N)c(C)c2)c(OC)c1. The standard InChI is InChI=1S/C17H17NO2/c1-4-13-5-8-16(17(10-13)19-3)20-15-7-6-14(11-18)12(2)9-15/h5-10H,4H2,1-3H3. The summed E-state index contributed by atoms with van der Waals surface area (Å²) in [7, 11) is 1.63. The Morgan fingerprint density at radius 1 is 1.10 bits per heavy atom. The van der Waals surface area contributed by atoms with Crippen LogP contribution in [0.4, 0.5) is 0 Å². The lowest BCUT2D eigenvalue weighted by Crippen LogP contribution is -1.93. The van der Waals surface area contributed by atoms with Gasteiger partial charge in [-0.15, -0.1) is 0 Å². The molecule has 0 unspecified atom stereocenters. The molecule has 0 heterocycles. The molecule has 0 atom stereocenters. The number of nitrogens with zero attached hydrogens (tertiary/aromatic N) is 1. The van der Waals surface area contributed by atoms with Crippen molar-refractivity contribution in [3.8, 4) is 23.3 Å². The third kappa shape index (κ3) is 2.92. The van der Waals surface area contributed by atoms with Crippen molar-refractivity contribution in [2.24, 2.45) is 0 Å². The van der Waals surface area contributed by atoms with Gasteiger partial charge in [-0.25, -0.2) is 0 Å². The normalized spacial score (nSPS) is 9.90. The number of aryl methyl sites for hydroxylation is 2. The van der Waals surface area contributed by atoms with Gasteiger partial charge < -0.3 is 9.47 Å². The van der Waals surface area contributed by atoms with Crippen LogP contribution in [-0.4, -0.2) is 7.11 Å². The maximum absolute atomic E-state index is 8.93. The van der Waals surface area contributed by atoms with E-state index < -0.39 is 0 Å².